The first kappa shape index (κ1) is 46.0. The molecule has 0 saturated carbocycles. The molecule has 4 aromatic rings. The highest BCUT2D eigenvalue weighted by atomic mass is 28.4. The summed E-state index contributed by atoms with van der Waals surface area (Å²) in [5.74, 6) is -1.61. The molecule has 4 amide bonds. The molecule has 3 heterocycles. The molecule has 2 aliphatic rings. The van der Waals surface area contributed by atoms with Crippen LogP contribution < -0.4 is 26.3 Å². The Hall–Kier alpha value is -5.46. The maximum absolute atomic E-state index is 14.3. The molecule has 328 valence electrons. The summed E-state index contributed by atoms with van der Waals surface area (Å²) in [6.45, 7) is 12.2. The first-order chi connectivity index (χ1) is 29.7. The highest BCUT2D eigenvalue weighted by Gasteiger charge is 2.51. The summed E-state index contributed by atoms with van der Waals surface area (Å²) in [5.41, 5.74) is 1.51. The average Bonchev–Trinajstić information content (AvgIpc) is 3.78. The van der Waals surface area contributed by atoms with Gasteiger partial charge in [-0.1, -0.05) is 125 Å². The van der Waals surface area contributed by atoms with Crippen molar-refractivity contribution >= 4 is 48.1 Å². The molecule has 0 bridgehead atoms. The number of rotatable bonds is 15. The number of unbranched alkanes of at least 4 members (excludes halogenated alkanes) is 2. The number of fused-ring (bicyclic) bond motifs is 1. The summed E-state index contributed by atoms with van der Waals surface area (Å²) >= 11 is 0. The van der Waals surface area contributed by atoms with E-state index in [0.717, 1.165) is 27.1 Å². The molecule has 2 saturated heterocycles. The molecule has 0 unspecified atom stereocenters. The number of hydrogen-bond donors (Lipinski definition) is 3. The average molecular weight is 858 g/mol. The van der Waals surface area contributed by atoms with Crippen molar-refractivity contribution < 1.29 is 28.4 Å². The molecule has 3 aromatic carbocycles. The van der Waals surface area contributed by atoms with E-state index in [0.29, 0.717) is 51.5 Å². The summed E-state index contributed by atoms with van der Waals surface area (Å²) in [6.07, 6.45) is 6.79. The maximum atomic E-state index is 14.3. The van der Waals surface area contributed by atoms with Crippen LogP contribution in [0.25, 0.3) is 11.1 Å². The number of nitrogens with one attached hydrogen (secondary N) is 3. The Bertz CT molecular complexity index is 2130. The quantitative estimate of drug-likeness (QED) is 0.0978. The molecule has 1 aromatic heterocycles. The van der Waals surface area contributed by atoms with E-state index in [4.69, 9.17) is 4.43 Å². The number of carbonyl (C=O) groups is 5. The summed E-state index contributed by atoms with van der Waals surface area (Å²) in [5, 5.41) is 10.8. The third-order valence-corrected chi connectivity index (χ3v) is 17.8. The van der Waals surface area contributed by atoms with Gasteiger partial charge in [0.25, 0.3) is 8.32 Å². The third kappa shape index (κ3) is 10.4. The highest BCUT2D eigenvalue weighted by molar-refractivity contribution is 6.99. The molecule has 12 heteroatoms. The number of ketones is 1. The molecule has 11 nitrogen and oxygen atoms in total. The van der Waals surface area contributed by atoms with Crippen molar-refractivity contribution in [3.05, 3.63) is 115 Å². The summed E-state index contributed by atoms with van der Waals surface area (Å²) in [4.78, 5) is 75.7. The lowest BCUT2D eigenvalue weighted by atomic mass is 9.94. The Labute approximate surface area is 367 Å². The second-order valence-electron chi connectivity index (χ2n) is 18.1. The lowest BCUT2D eigenvalue weighted by Gasteiger charge is -2.44. The monoisotopic (exact) mass is 857 g/mol. The first-order valence-corrected chi connectivity index (χ1v) is 24.1. The molecule has 2 aliphatic heterocycles. The Morgan fingerprint density at radius 2 is 1.44 bits per heavy atom. The van der Waals surface area contributed by atoms with Gasteiger partial charge < -0.3 is 25.3 Å². The molecule has 0 radical (unpaired) electrons. The zero-order chi connectivity index (χ0) is 44.5. The van der Waals surface area contributed by atoms with Crippen molar-refractivity contribution in [2.75, 3.05) is 6.54 Å². The van der Waals surface area contributed by atoms with Gasteiger partial charge in [0, 0.05) is 31.8 Å². The van der Waals surface area contributed by atoms with Gasteiger partial charge in [-0.15, -0.1) is 0 Å². The van der Waals surface area contributed by atoms with Crippen LogP contribution >= 0.6 is 0 Å². The van der Waals surface area contributed by atoms with Crippen LogP contribution in [0.3, 0.4) is 0 Å². The standard InChI is InChI=1S/C50H63N5O6Si/c1-7-50(6)48(60)53-42(34-36-25-27-37(28-26-36)38-29-31-51-32-30-38)47(59)55-33-17-23-43(55)46(58)52-41(45(57)54-50)22-15-10-16-24-44(56)35(2)61-62(49(3,4)5,39-18-11-8-12-19-39)40-20-13-9-14-21-40/h8-9,11-14,18-21,25-32,35,41-43H,7,10,15-17,22-24,33-34H2,1-6H3,(H,52,58)(H,53,60)(H,54,57)/t35-,41-,42-,43+,50-/m0/s1. The van der Waals surface area contributed by atoms with Gasteiger partial charge in [0.2, 0.25) is 23.6 Å². The fraction of sp³-hybridized carbons (Fsp3) is 0.440. The minimum Gasteiger partial charge on any atom is -0.398 e. The Balaban J connectivity index is 1.11. The highest BCUT2D eigenvalue weighted by Crippen LogP contribution is 2.38. The molecular weight excluding hydrogens is 795 g/mol. The summed E-state index contributed by atoms with van der Waals surface area (Å²) in [6, 6.07) is 29.5. The van der Waals surface area contributed by atoms with Gasteiger partial charge in [-0.05, 0) is 90.2 Å². The van der Waals surface area contributed by atoms with Crippen LogP contribution in [0.2, 0.25) is 5.04 Å². The second kappa shape index (κ2) is 20.2. The zero-order valence-corrected chi connectivity index (χ0v) is 38.1. The van der Waals surface area contributed by atoms with Gasteiger partial charge in [0.1, 0.15) is 29.8 Å². The Morgan fingerprint density at radius 3 is 2.03 bits per heavy atom. The maximum Gasteiger partial charge on any atom is 0.262 e. The molecule has 6 rings (SSSR count). The van der Waals surface area contributed by atoms with Crippen molar-refractivity contribution in [2.45, 2.75) is 134 Å². The van der Waals surface area contributed by atoms with E-state index >= 15 is 0 Å². The summed E-state index contributed by atoms with van der Waals surface area (Å²) in [7, 11) is -2.92. The molecule has 2 fully saturated rings. The number of carbonyl (C=O) groups excluding carboxylic acids is 5. The van der Waals surface area contributed by atoms with Gasteiger partial charge in [-0.25, -0.2) is 0 Å². The van der Waals surface area contributed by atoms with E-state index in [9.17, 15) is 24.0 Å². The first-order valence-electron chi connectivity index (χ1n) is 22.2. The van der Waals surface area contributed by atoms with E-state index < -0.39 is 49.9 Å². The number of pyridine rings is 1. The van der Waals surface area contributed by atoms with Crippen molar-refractivity contribution in [3.63, 3.8) is 0 Å². The topological polar surface area (TPSA) is 147 Å². The predicted molar refractivity (Wildman–Crippen MR) is 245 cm³/mol. The summed E-state index contributed by atoms with van der Waals surface area (Å²) < 4.78 is 7.04. The fourth-order valence-electron chi connectivity index (χ4n) is 8.89. The lowest BCUT2D eigenvalue weighted by Crippen LogP contribution is -2.68. The molecule has 5 atom stereocenters. The largest absolute Gasteiger partial charge is 0.398 e. The van der Waals surface area contributed by atoms with Crippen LogP contribution in [-0.4, -0.2) is 83.9 Å². The van der Waals surface area contributed by atoms with E-state index in [-0.39, 0.29) is 35.5 Å². The van der Waals surface area contributed by atoms with E-state index in [1.54, 1.807) is 31.1 Å². The number of aromatic nitrogens is 1. The Kier molecular flexibility index (Phi) is 15.0. The van der Waals surface area contributed by atoms with Crippen LogP contribution in [0.1, 0.15) is 98.5 Å². The molecule has 3 N–H and O–H groups in total. The lowest BCUT2D eigenvalue weighted by molar-refractivity contribution is -0.144. The van der Waals surface area contributed by atoms with Gasteiger partial charge in [0.15, 0.2) is 5.78 Å². The smallest absolute Gasteiger partial charge is 0.262 e. The van der Waals surface area contributed by atoms with Crippen molar-refractivity contribution in [2.24, 2.45) is 0 Å². The van der Waals surface area contributed by atoms with Crippen molar-refractivity contribution in [1.82, 2.24) is 25.8 Å². The normalized spacial score (nSPS) is 21.8. The zero-order valence-electron chi connectivity index (χ0n) is 37.1. The van der Waals surface area contributed by atoms with Crippen LogP contribution in [0.15, 0.2) is 109 Å². The van der Waals surface area contributed by atoms with Gasteiger partial charge >= 0.3 is 0 Å². The molecule has 0 aliphatic carbocycles. The van der Waals surface area contributed by atoms with Gasteiger partial charge in [-0.3, -0.25) is 29.0 Å². The van der Waals surface area contributed by atoms with Crippen LogP contribution in [0, 0.1) is 0 Å². The van der Waals surface area contributed by atoms with Crippen molar-refractivity contribution in [3.8, 4) is 11.1 Å². The molecular formula is C50H63N5O6Si. The van der Waals surface area contributed by atoms with E-state index in [1.807, 2.05) is 79.7 Å². The SMILES string of the molecule is CC[C@]1(C)NC(=O)[C@H](CCCCCC(=O)[C@H](C)O[Si](c2ccccc2)(c2ccccc2)C(C)(C)C)NC(=O)[C@H]2CCCN2C(=O)[C@H](Cc2ccc(-c3ccncc3)cc2)NC1=O. The van der Waals surface area contributed by atoms with Gasteiger partial charge in [0.05, 0.1) is 0 Å². The third-order valence-electron chi connectivity index (χ3n) is 12.7. The van der Waals surface area contributed by atoms with E-state index in [2.05, 4.69) is 66.0 Å². The number of Topliss-reactive ketones (excluding diaryl/α,β-unsaturated/α-hetero) is 1. The van der Waals surface area contributed by atoms with Crippen LogP contribution in [0.5, 0.6) is 0 Å². The minimum absolute atomic E-state index is 0.0195. The van der Waals surface area contributed by atoms with Crippen molar-refractivity contribution in [1.29, 1.82) is 0 Å². The fourth-order valence-corrected chi connectivity index (χ4v) is 13.6. The van der Waals surface area contributed by atoms with Gasteiger partial charge in [-0.2, -0.15) is 0 Å². The second-order valence-corrected chi connectivity index (χ2v) is 22.3. The van der Waals surface area contributed by atoms with E-state index in [1.165, 1.54) is 0 Å². The van der Waals surface area contributed by atoms with Crippen LogP contribution in [0.4, 0.5) is 0 Å². The number of nitrogens with zero attached hydrogens (tertiary/aromatic N) is 2. The number of hydrogen-bond acceptors (Lipinski definition) is 7. The predicted octanol–water partition coefficient (Wildman–Crippen LogP) is 6.03. The molecule has 0 spiro atoms. The minimum atomic E-state index is -2.92. The Morgan fingerprint density at radius 1 is 0.823 bits per heavy atom. The van der Waals surface area contributed by atoms with Crippen LogP contribution in [-0.2, 0) is 34.8 Å². The number of amides is 4. The molecule has 62 heavy (non-hydrogen) atoms. The number of benzene rings is 3.